The van der Waals surface area contributed by atoms with Crippen molar-refractivity contribution in [1.29, 1.82) is 0 Å². The van der Waals surface area contributed by atoms with Crippen molar-refractivity contribution in [3.63, 3.8) is 0 Å². The molecule has 1 heterocycles. The van der Waals surface area contributed by atoms with E-state index in [0.29, 0.717) is 55.7 Å². The quantitative estimate of drug-likeness (QED) is 0.199. The Hall–Kier alpha value is -4.66. The number of likely N-dealkylation sites (tertiary alicyclic amines) is 1. The number of carboxylic acid groups (broad SMARTS) is 1. The molecular formula is C39H43F4N3O7S. The maximum atomic E-state index is 14.6. The van der Waals surface area contributed by atoms with Crippen LogP contribution in [0.2, 0.25) is 0 Å². The van der Waals surface area contributed by atoms with Crippen LogP contribution in [0.1, 0.15) is 86.8 Å². The standard InChI is InChI=1S/C39H43F4N3O7S/c1-38(18-19-38)53-37(50)46-20-16-25(17-21-46)24-8-13-29(14-9-24)54(51,52)45(2)28-11-6-26(7-12-28)30-4-3-5-31(32(30)23-35(47)48)36(49)44-34-15-10-27(22-33(34)40)39(41,42)43/h6-15,22,25,30-32H,3-5,16-21,23H2,1-2H3,(H,44,49)(H,47,48)/t30-,31-,32-/m1/s1. The molecule has 3 fully saturated rings. The van der Waals surface area contributed by atoms with E-state index in [1.807, 2.05) is 6.92 Å². The molecule has 3 aromatic carbocycles. The Balaban J connectivity index is 1.11. The van der Waals surface area contributed by atoms with E-state index in [-0.39, 0.29) is 28.9 Å². The number of ether oxygens (including phenoxy) is 1. The fraction of sp³-hybridized carbons (Fsp3) is 0.462. The highest BCUT2D eigenvalue weighted by Gasteiger charge is 2.43. The topological polar surface area (TPSA) is 133 Å². The average molecular weight is 774 g/mol. The summed E-state index contributed by atoms with van der Waals surface area (Å²) in [5, 5.41) is 12.1. The fourth-order valence-corrected chi connectivity index (χ4v) is 8.79. The van der Waals surface area contributed by atoms with Crippen molar-refractivity contribution in [1.82, 2.24) is 4.90 Å². The van der Waals surface area contributed by atoms with Crippen LogP contribution in [-0.2, 0) is 30.5 Å². The van der Waals surface area contributed by atoms with Crippen LogP contribution >= 0.6 is 0 Å². The molecule has 0 radical (unpaired) electrons. The van der Waals surface area contributed by atoms with Gasteiger partial charge >= 0.3 is 18.2 Å². The number of sulfonamides is 1. The maximum absolute atomic E-state index is 14.6. The van der Waals surface area contributed by atoms with Crippen molar-refractivity contribution in [2.24, 2.45) is 11.8 Å². The number of nitrogens with zero attached hydrogens (tertiary/aromatic N) is 2. The Morgan fingerprint density at radius 3 is 2.15 bits per heavy atom. The Kier molecular flexibility index (Phi) is 11.0. The van der Waals surface area contributed by atoms with Crippen LogP contribution in [0.3, 0.4) is 0 Å². The van der Waals surface area contributed by atoms with Crippen LogP contribution in [0.5, 0.6) is 0 Å². The van der Waals surface area contributed by atoms with E-state index >= 15 is 0 Å². The molecule has 1 aliphatic heterocycles. The van der Waals surface area contributed by atoms with Crippen molar-refractivity contribution in [3.05, 3.63) is 89.2 Å². The van der Waals surface area contributed by atoms with E-state index in [4.69, 9.17) is 4.74 Å². The SMILES string of the molecule is CN(c1ccc([C@H]2CCC[C@@H](C(=O)Nc3ccc(C(F)(F)F)cc3F)[C@@H]2CC(=O)O)cc1)S(=O)(=O)c1ccc(C2CCN(C(=O)OC3(C)CC3)CC2)cc1. The summed E-state index contributed by atoms with van der Waals surface area (Å²) in [6.07, 6.45) is -0.812. The molecular weight excluding hydrogens is 731 g/mol. The summed E-state index contributed by atoms with van der Waals surface area (Å²) in [6, 6.07) is 15.2. The molecule has 0 spiro atoms. The van der Waals surface area contributed by atoms with Crippen LogP contribution in [0, 0.1) is 17.7 Å². The molecule has 3 atom stereocenters. The first-order valence-corrected chi connectivity index (χ1v) is 19.5. The smallest absolute Gasteiger partial charge is 0.416 e. The molecule has 54 heavy (non-hydrogen) atoms. The van der Waals surface area contributed by atoms with Gasteiger partial charge in [0, 0.05) is 32.5 Å². The van der Waals surface area contributed by atoms with Crippen LogP contribution in [0.15, 0.2) is 71.6 Å². The van der Waals surface area contributed by atoms with E-state index in [2.05, 4.69) is 5.32 Å². The number of piperidine rings is 1. The third kappa shape index (κ3) is 8.66. The van der Waals surface area contributed by atoms with Gasteiger partial charge in [0.1, 0.15) is 11.4 Å². The van der Waals surface area contributed by atoms with Crippen molar-refractivity contribution in [3.8, 4) is 0 Å². The molecule has 2 N–H and O–H groups in total. The van der Waals surface area contributed by atoms with Gasteiger partial charge < -0.3 is 20.1 Å². The van der Waals surface area contributed by atoms with Crippen LogP contribution in [-0.4, -0.2) is 62.1 Å². The number of hydrogen-bond acceptors (Lipinski definition) is 6. The van der Waals surface area contributed by atoms with Gasteiger partial charge in [0.25, 0.3) is 10.0 Å². The highest BCUT2D eigenvalue weighted by Crippen LogP contribution is 2.45. The van der Waals surface area contributed by atoms with Crippen molar-refractivity contribution in [2.75, 3.05) is 29.8 Å². The number of hydrogen-bond donors (Lipinski definition) is 2. The third-order valence-corrected chi connectivity index (χ3v) is 12.9. The third-order valence-electron chi connectivity index (χ3n) is 11.1. The second-order valence-corrected chi connectivity index (χ2v) is 16.8. The lowest BCUT2D eigenvalue weighted by Gasteiger charge is -2.37. The first kappa shape index (κ1) is 39.0. The Morgan fingerprint density at radius 1 is 0.944 bits per heavy atom. The van der Waals surface area contributed by atoms with Crippen molar-refractivity contribution >= 4 is 39.4 Å². The van der Waals surface area contributed by atoms with Gasteiger partial charge in [-0.1, -0.05) is 30.7 Å². The number of aliphatic carboxylic acids is 1. The molecule has 0 aromatic heterocycles. The zero-order chi connectivity index (χ0) is 39.0. The van der Waals surface area contributed by atoms with Gasteiger partial charge in [-0.2, -0.15) is 13.2 Å². The number of alkyl halides is 3. The molecule has 0 unspecified atom stereocenters. The van der Waals surface area contributed by atoms with E-state index in [0.717, 1.165) is 41.6 Å². The minimum Gasteiger partial charge on any atom is -0.481 e. The van der Waals surface area contributed by atoms with Gasteiger partial charge in [-0.05, 0) is 117 Å². The van der Waals surface area contributed by atoms with E-state index in [9.17, 15) is 45.5 Å². The fourth-order valence-electron chi connectivity index (χ4n) is 7.60. The second-order valence-electron chi connectivity index (χ2n) is 14.8. The molecule has 2 amide bonds. The lowest BCUT2D eigenvalue weighted by atomic mass is 9.67. The molecule has 3 aromatic rings. The molecule has 2 saturated carbocycles. The lowest BCUT2D eigenvalue weighted by Crippen LogP contribution is -2.39. The van der Waals surface area contributed by atoms with Crippen LogP contribution in [0.25, 0.3) is 0 Å². The summed E-state index contributed by atoms with van der Waals surface area (Å²) < 4.78 is 87.6. The van der Waals surface area contributed by atoms with E-state index in [1.54, 1.807) is 53.4 Å². The van der Waals surface area contributed by atoms with Gasteiger partial charge in [-0.15, -0.1) is 0 Å². The molecule has 6 rings (SSSR count). The maximum Gasteiger partial charge on any atom is 0.416 e. The second kappa shape index (κ2) is 15.2. The van der Waals surface area contributed by atoms with Gasteiger partial charge in [0.05, 0.1) is 21.8 Å². The number of amides is 2. The van der Waals surface area contributed by atoms with Gasteiger partial charge in [0.2, 0.25) is 5.91 Å². The summed E-state index contributed by atoms with van der Waals surface area (Å²) in [5.41, 5.74) is 0.0755. The van der Waals surface area contributed by atoms with Gasteiger partial charge in [0.15, 0.2) is 0 Å². The molecule has 0 bridgehead atoms. The molecule has 1 saturated heterocycles. The minimum absolute atomic E-state index is 0.101. The highest BCUT2D eigenvalue weighted by atomic mass is 32.2. The predicted octanol–water partition coefficient (Wildman–Crippen LogP) is 8.15. The Labute approximate surface area is 311 Å². The van der Waals surface area contributed by atoms with Crippen LogP contribution in [0.4, 0.5) is 33.7 Å². The molecule has 3 aliphatic rings. The molecule has 2 aliphatic carbocycles. The molecule has 10 nitrogen and oxygen atoms in total. The number of halogens is 4. The number of carbonyl (C=O) groups excluding carboxylic acids is 2. The van der Waals surface area contributed by atoms with E-state index < -0.39 is 62.9 Å². The zero-order valence-corrected chi connectivity index (χ0v) is 30.8. The average Bonchev–Trinajstić information content (AvgIpc) is 3.87. The normalized spacial score (nSPS) is 21.6. The summed E-state index contributed by atoms with van der Waals surface area (Å²) >= 11 is 0. The number of carboxylic acids is 1. The summed E-state index contributed by atoms with van der Waals surface area (Å²) in [5.74, 6) is -4.91. The molecule has 15 heteroatoms. The molecule has 290 valence electrons. The predicted molar refractivity (Wildman–Crippen MR) is 192 cm³/mol. The number of rotatable bonds is 10. The first-order valence-electron chi connectivity index (χ1n) is 18.0. The monoisotopic (exact) mass is 773 g/mol. The van der Waals surface area contributed by atoms with Crippen molar-refractivity contribution < 1.29 is 50.2 Å². The Morgan fingerprint density at radius 2 is 1.57 bits per heavy atom. The van der Waals surface area contributed by atoms with Crippen molar-refractivity contribution in [2.45, 2.75) is 86.8 Å². The van der Waals surface area contributed by atoms with Crippen LogP contribution < -0.4 is 9.62 Å². The first-order chi connectivity index (χ1) is 25.4. The number of carbonyl (C=O) groups is 3. The number of anilines is 2. The highest BCUT2D eigenvalue weighted by molar-refractivity contribution is 7.92. The summed E-state index contributed by atoms with van der Waals surface area (Å²) in [4.78, 5) is 39.6. The number of benzene rings is 3. The Bertz CT molecular complexity index is 1980. The van der Waals surface area contributed by atoms with Gasteiger partial charge in [-0.3, -0.25) is 13.9 Å². The number of nitrogens with one attached hydrogen (secondary N) is 1. The van der Waals surface area contributed by atoms with Gasteiger partial charge in [-0.25, -0.2) is 17.6 Å². The lowest BCUT2D eigenvalue weighted by molar-refractivity contribution is -0.140. The zero-order valence-electron chi connectivity index (χ0n) is 29.9. The largest absolute Gasteiger partial charge is 0.481 e. The minimum atomic E-state index is -4.76. The van der Waals surface area contributed by atoms with E-state index in [1.165, 1.54) is 7.05 Å². The summed E-state index contributed by atoms with van der Waals surface area (Å²) in [6.45, 7) is 3.06. The summed E-state index contributed by atoms with van der Waals surface area (Å²) in [7, 11) is -2.53.